The van der Waals surface area contributed by atoms with Gasteiger partial charge >= 0.3 is 0 Å². The average molecular weight is 214 g/mol. The van der Waals surface area contributed by atoms with Crippen molar-refractivity contribution < 1.29 is 4.74 Å². The van der Waals surface area contributed by atoms with Crippen LogP contribution in [-0.4, -0.2) is 50.3 Å². The van der Waals surface area contributed by atoms with Crippen LogP contribution in [0.25, 0.3) is 0 Å². The van der Waals surface area contributed by atoms with Gasteiger partial charge < -0.3 is 10.1 Å². The summed E-state index contributed by atoms with van der Waals surface area (Å²) in [6.07, 6.45) is 1.25. The van der Waals surface area contributed by atoms with E-state index in [9.17, 15) is 0 Å². The van der Waals surface area contributed by atoms with Crippen molar-refractivity contribution in [2.75, 3.05) is 39.4 Å². The molecule has 1 aliphatic rings. The highest BCUT2D eigenvalue weighted by Gasteiger charge is 2.18. The van der Waals surface area contributed by atoms with Crippen LogP contribution in [0.2, 0.25) is 0 Å². The normalized spacial score (nSPS) is 27.0. The minimum atomic E-state index is 0.561. The molecule has 0 saturated carbocycles. The van der Waals surface area contributed by atoms with E-state index in [0.717, 1.165) is 32.2 Å². The third-order valence-electron chi connectivity index (χ3n) is 3.02. The fraction of sp³-hybridized carbons (Fsp3) is 1.00. The molecule has 90 valence electrons. The van der Waals surface area contributed by atoms with Gasteiger partial charge in [-0.15, -0.1) is 0 Å². The molecule has 1 heterocycles. The van der Waals surface area contributed by atoms with Crippen molar-refractivity contribution in [2.24, 2.45) is 5.92 Å². The third kappa shape index (κ3) is 4.96. The Morgan fingerprint density at radius 1 is 1.53 bits per heavy atom. The van der Waals surface area contributed by atoms with Gasteiger partial charge in [-0.1, -0.05) is 6.92 Å². The molecule has 1 rings (SSSR count). The maximum atomic E-state index is 5.50. The molecule has 3 nitrogen and oxygen atoms in total. The van der Waals surface area contributed by atoms with Crippen molar-refractivity contribution >= 4 is 0 Å². The van der Waals surface area contributed by atoms with Crippen LogP contribution in [0.4, 0.5) is 0 Å². The number of ether oxygens (including phenoxy) is 1. The number of nitrogens with one attached hydrogen (secondary N) is 1. The molecule has 0 aromatic heterocycles. The zero-order valence-electron chi connectivity index (χ0n) is 10.5. The van der Waals surface area contributed by atoms with Crippen LogP contribution in [0, 0.1) is 5.92 Å². The number of hydrogen-bond acceptors (Lipinski definition) is 3. The third-order valence-corrected chi connectivity index (χ3v) is 3.02. The molecular weight excluding hydrogens is 188 g/mol. The molecule has 1 aliphatic heterocycles. The van der Waals surface area contributed by atoms with Crippen molar-refractivity contribution in [1.82, 2.24) is 10.2 Å². The maximum absolute atomic E-state index is 5.50. The standard InChI is InChI=1S/C12H26N2O/c1-4-15-10-12(3)14-7-5-6-13-8-11(2)9-14/h11-13H,4-10H2,1-3H3. The molecule has 0 spiro atoms. The summed E-state index contributed by atoms with van der Waals surface area (Å²) in [5, 5.41) is 3.48. The Morgan fingerprint density at radius 2 is 2.33 bits per heavy atom. The second-order valence-corrected chi connectivity index (χ2v) is 4.67. The predicted octanol–water partition coefficient (Wildman–Crippen LogP) is 1.34. The molecule has 1 N–H and O–H groups in total. The molecule has 1 fully saturated rings. The summed E-state index contributed by atoms with van der Waals surface area (Å²) in [6.45, 7) is 13.1. The first-order chi connectivity index (χ1) is 7.24. The Hall–Kier alpha value is -0.120. The molecule has 0 aromatic rings. The second kappa shape index (κ2) is 7.20. The van der Waals surface area contributed by atoms with E-state index in [1.165, 1.54) is 19.5 Å². The lowest BCUT2D eigenvalue weighted by molar-refractivity contribution is 0.0629. The first kappa shape index (κ1) is 12.9. The largest absolute Gasteiger partial charge is 0.380 e. The van der Waals surface area contributed by atoms with Gasteiger partial charge in [0.05, 0.1) is 6.61 Å². The summed E-state index contributed by atoms with van der Waals surface area (Å²) in [6, 6.07) is 0.561. The molecule has 0 amide bonds. The molecule has 1 saturated heterocycles. The number of rotatable bonds is 4. The average Bonchev–Trinajstić information content (AvgIpc) is 2.19. The van der Waals surface area contributed by atoms with Gasteiger partial charge in [-0.3, -0.25) is 4.90 Å². The van der Waals surface area contributed by atoms with E-state index < -0.39 is 0 Å². The molecule has 0 aliphatic carbocycles. The van der Waals surface area contributed by atoms with E-state index in [4.69, 9.17) is 4.74 Å². The minimum Gasteiger partial charge on any atom is -0.380 e. The van der Waals surface area contributed by atoms with Crippen LogP contribution in [0.15, 0.2) is 0 Å². The molecule has 15 heavy (non-hydrogen) atoms. The van der Waals surface area contributed by atoms with Gasteiger partial charge in [0.15, 0.2) is 0 Å². The zero-order valence-corrected chi connectivity index (χ0v) is 10.5. The Kier molecular flexibility index (Phi) is 6.22. The number of hydrogen-bond donors (Lipinski definition) is 1. The topological polar surface area (TPSA) is 24.5 Å². The van der Waals surface area contributed by atoms with E-state index in [1.807, 2.05) is 0 Å². The van der Waals surface area contributed by atoms with Crippen LogP contribution in [0.3, 0.4) is 0 Å². The molecule has 2 atom stereocenters. The zero-order chi connectivity index (χ0) is 11.1. The summed E-state index contributed by atoms with van der Waals surface area (Å²) in [4.78, 5) is 2.57. The van der Waals surface area contributed by atoms with Crippen LogP contribution < -0.4 is 5.32 Å². The second-order valence-electron chi connectivity index (χ2n) is 4.67. The van der Waals surface area contributed by atoms with Crippen molar-refractivity contribution in [2.45, 2.75) is 33.2 Å². The summed E-state index contributed by atoms with van der Waals surface area (Å²) in [5.74, 6) is 0.745. The predicted molar refractivity (Wildman–Crippen MR) is 64.2 cm³/mol. The van der Waals surface area contributed by atoms with Crippen molar-refractivity contribution in [3.63, 3.8) is 0 Å². The van der Waals surface area contributed by atoms with E-state index in [2.05, 4.69) is 31.0 Å². The monoisotopic (exact) mass is 214 g/mol. The van der Waals surface area contributed by atoms with Crippen molar-refractivity contribution in [1.29, 1.82) is 0 Å². The highest BCUT2D eigenvalue weighted by molar-refractivity contribution is 4.73. The van der Waals surface area contributed by atoms with Gasteiger partial charge in [-0.2, -0.15) is 0 Å². The van der Waals surface area contributed by atoms with Gasteiger partial charge in [0.1, 0.15) is 0 Å². The Labute approximate surface area is 94.2 Å². The molecule has 0 bridgehead atoms. The molecule has 2 unspecified atom stereocenters. The van der Waals surface area contributed by atoms with Gasteiger partial charge in [0.25, 0.3) is 0 Å². The fourth-order valence-corrected chi connectivity index (χ4v) is 2.11. The van der Waals surface area contributed by atoms with E-state index in [0.29, 0.717) is 6.04 Å². The van der Waals surface area contributed by atoms with E-state index in [-0.39, 0.29) is 0 Å². The molecule has 0 radical (unpaired) electrons. The van der Waals surface area contributed by atoms with E-state index >= 15 is 0 Å². The molecule has 3 heteroatoms. The minimum absolute atomic E-state index is 0.561. The van der Waals surface area contributed by atoms with Crippen LogP contribution >= 0.6 is 0 Å². The van der Waals surface area contributed by atoms with Crippen molar-refractivity contribution in [3.8, 4) is 0 Å². The first-order valence-corrected chi connectivity index (χ1v) is 6.26. The highest BCUT2D eigenvalue weighted by Crippen LogP contribution is 2.08. The lowest BCUT2D eigenvalue weighted by atomic mass is 10.1. The Bertz CT molecular complexity index is 164. The first-order valence-electron chi connectivity index (χ1n) is 6.26. The Balaban J connectivity index is 2.34. The lowest BCUT2D eigenvalue weighted by Crippen LogP contribution is -2.44. The van der Waals surface area contributed by atoms with Gasteiger partial charge in [0, 0.05) is 19.2 Å². The number of nitrogens with zero attached hydrogens (tertiary/aromatic N) is 1. The van der Waals surface area contributed by atoms with Crippen molar-refractivity contribution in [3.05, 3.63) is 0 Å². The van der Waals surface area contributed by atoms with Crippen LogP contribution in [0.5, 0.6) is 0 Å². The van der Waals surface area contributed by atoms with Gasteiger partial charge in [-0.25, -0.2) is 0 Å². The van der Waals surface area contributed by atoms with E-state index in [1.54, 1.807) is 0 Å². The van der Waals surface area contributed by atoms with Crippen LogP contribution in [-0.2, 0) is 4.74 Å². The smallest absolute Gasteiger partial charge is 0.0618 e. The summed E-state index contributed by atoms with van der Waals surface area (Å²) in [7, 11) is 0. The SMILES string of the molecule is CCOCC(C)N1CCCNCC(C)C1. The van der Waals surface area contributed by atoms with Crippen LogP contribution in [0.1, 0.15) is 27.2 Å². The van der Waals surface area contributed by atoms with Gasteiger partial charge in [0.2, 0.25) is 0 Å². The summed E-state index contributed by atoms with van der Waals surface area (Å²) >= 11 is 0. The highest BCUT2D eigenvalue weighted by atomic mass is 16.5. The lowest BCUT2D eigenvalue weighted by Gasteiger charge is -2.33. The quantitative estimate of drug-likeness (QED) is 0.764. The fourth-order valence-electron chi connectivity index (χ4n) is 2.11. The van der Waals surface area contributed by atoms with Gasteiger partial charge in [-0.05, 0) is 45.8 Å². The Morgan fingerprint density at radius 3 is 3.07 bits per heavy atom. The summed E-state index contributed by atoms with van der Waals surface area (Å²) in [5.41, 5.74) is 0. The molecule has 0 aromatic carbocycles. The maximum Gasteiger partial charge on any atom is 0.0618 e. The summed E-state index contributed by atoms with van der Waals surface area (Å²) < 4.78 is 5.50. The molecular formula is C12H26N2O.